The molecule has 0 spiro atoms. The van der Waals surface area contributed by atoms with Crippen LogP contribution in [-0.2, 0) is 35.3 Å². The molecule has 30 nitrogen and oxygen atoms in total. The number of hydroxylamine groups is 3. The second-order valence-electron chi connectivity index (χ2n) is 30.4. The number of nitrogens with zero attached hydrogens (tertiary/aromatic N) is 16. The number of piperidine rings is 1. The Kier molecular flexibility index (Phi) is 29.5. The zero-order valence-corrected chi connectivity index (χ0v) is 69.9. The average molecular weight is 1630 g/mol. The fourth-order valence-electron chi connectivity index (χ4n) is 15.6. The van der Waals surface area contributed by atoms with Crippen LogP contribution in [0.5, 0.6) is 17.2 Å². The lowest BCUT2D eigenvalue weighted by Gasteiger charge is -2.43. The third kappa shape index (κ3) is 21.8. The van der Waals surface area contributed by atoms with Gasteiger partial charge in [-0.05, 0) is 99.7 Å². The fraction of sp³-hybridized carbons (Fsp3) is 0.367. The van der Waals surface area contributed by atoms with Crippen molar-refractivity contribution in [1.29, 1.82) is 0 Å². The highest BCUT2D eigenvalue weighted by atomic mass is 16.7. The molecule has 6 aliphatic rings. The molecular formula is C90H111N21O9. The van der Waals surface area contributed by atoms with Crippen molar-refractivity contribution in [3.8, 4) is 17.2 Å². The number of carbonyl (C=O) groups excluding carboxylic acids is 3. The summed E-state index contributed by atoms with van der Waals surface area (Å²) in [6.45, 7) is 24.3. The van der Waals surface area contributed by atoms with Crippen molar-refractivity contribution in [3.63, 3.8) is 0 Å². The molecule has 6 saturated heterocycles. The molecule has 0 aliphatic carbocycles. The number of piperazine rings is 2. The molecule has 3 atom stereocenters. The zero-order valence-electron chi connectivity index (χ0n) is 69.9. The molecule has 6 fully saturated rings. The van der Waals surface area contributed by atoms with Gasteiger partial charge >= 0.3 is 0 Å². The van der Waals surface area contributed by atoms with Gasteiger partial charge in [0.15, 0.2) is 23.2 Å². The highest BCUT2D eigenvalue weighted by Gasteiger charge is 2.34. The minimum absolute atomic E-state index is 0.0165. The van der Waals surface area contributed by atoms with E-state index in [-0.39, 0.29) is 42.1 Å². The van der Waals surface area contributed by atoms with Gasteiger partial charge in [-0.15, -0.1) is 0 Å². The summed E-state index contributed by atoms with van der Waals surface area (Å²) in [5.74, 6) is 5.05. The van der Waals surface area contributed by atoms with Gasteiger partial charge in [-0.25, -0.2) is 45.1 Å². The summed E-state index contributed by atoms with van der Waals surface area (Å²) >= 11 is 0. The zero-order chi connectivity index (χ0) is 84.0. The summed E-state index contributed by atoms with van der Waals surface area (Å²) < 4.78 is 17.3. The number of hydrogen-bond acceptors (Lipinski definition) is 28. The van der Waals surface area contributed by atoms with Gasteiger partial charge in [-0.1, -0.05) is 111 Å². The average Bonchev–Trinajstić information content (AvgIpc) is 1.72. The van der Waals surface area contributed by atoms with E-state index in [1.54, 1.807) is 21.3 Å². The maximum absolute atomic E-state index is 12.6. The number of aromatic nitrogens is 6. The van der Waals surface area contributed by atoms with Crippen molar-refractivity contribution in [2.75, 3.05) is 211 Å². The molecule has 2 amide bonds. The molecule has 0 radical (unpaired) electrons. The van der Waals surface area contributed by atoms with Gasteiger partial charge in [-0.2, -0.15) is 0 Å². The second kappa shape index (κ2) is 41.4. The van der Waals surface area contributed by atoms with Crippen molar-refractivity contribution in [1.82, 2.24) is 49.5 Å². The van der Waals surface area contributed by atoms with E-state index in [9.17, 15) is 14.4 Å². The monoisotopic (exact) mass is 1630 g/mol. The minimum Gasteiger partial charge on any atom is -0.494 e. The second-order valence-corrected chi connectivity index (χ2v) is 30.4. The number of amides is 2. The van der Waals surface area contributed by atoms with Crippen LogP contribution in [0.15, 0.2) is 203 Å². The fourth-order valence-corrected chi connectivity index (χ4v) is 15.6. The van der Waals surface area contributed by atoms with Gasteiger partial charge < -0.3 is 70.2 Å². The molecule has 15 rings (SSSR count). The molecule has 120 heavy (non-hydrogen) atoms. The summed E-state index contributed by atoms with van der Waals surface area (Å²) in [5.41, 5.74) is 10.6. The SMILES string of the molecule is C=CC(=O)Cc1cc(Nc2cc(N3OCC[C@@H]3c3ccccc3)ncn2)c(OC)cc1N1CCC(N2CCN(C)CC2)CC1.C=CC(=O)Nc1cc(Nc2cc(N3OCC[C@@H]3c3ccccc3)ncn2)c(OC)cc1N(C)CCN(C)C.C=CC(=O)Nc1cc(Nc2cc(N3OCC[C@@H]3c3ccccc3)ncn2)c(OC)cc1N1CCN(C)CC1. The van der Waals surface area contributed by atoms with Crippen LogP contribution in [0.3, 0.4) is 0 Å². The van der Waals surface area contributed by atoms with Gasteiger partial charge in [0, 0.05) is 159 Å². The lowest BCUT2D eigenvalue weighted by atomic mass is 9.98. The van der Waals surface area contributed by atoms with Crippen LogP contribution in [-0.4, -0.2) is 228 Å². The van der Waals surface area contributed by atoms with Crippen molar-refractivity contribution in [3.05, 3.63) is 225 Å². The number of likely N-dealkylation sites (N-methyl/N-ethyl adjacent to an activating group) is 4. The molecular weight excluding hydrogens is 1520 g/mol. The number of nitrogens with one attached hydrogen (secondary N) is 5. The van der Waals surface area contributed by atoms with E-state index in [1.165, 1.54) is 48.3 Å². The number of hydrogen-bond donors (Lipinski definition) is 5. The molecule has 6 aromatic carbocycles. The van der Waals surface area contributed by atoms with Gasteiger partial charge in [-0.3, -0.25) is 33.8 Å². The lowest BCUT2D eigenvalue weighted by molar-refractivity contribution is -0.114. The van der Waals surface area contributed by atoms with Crippen molar-refractivity contribution >= 4 is 98.0 Å². The first kappa shape index (κ1) is 85.6. The normalized spacial score (nSPS) is 17.7. The predicted octanol–water partition coefficient (Wildman–Crippen LogP) is 12.8. The summed E-state index contributed by atoms with van der Waals surface area (Å²) in [6.07, 6.45) is 13.5. The topological polar surface area (TPSA) is 276 Å². The number of benzene rings is 6. The van der Waals surface area contributed by atoms with Gasteiger partial charge in [0.2, 0.25) is 11.8 Å². The molecule has 0 bridgehead atoms. The predicted molar refractivity (Wildman–Crippen MR) is 474 cm³/mol. The Morgan fingerprint density at radius 1 is 0.450 bits per heavy atom. The van der Waals surface area contributed by atoms with Crippen LogP contribution in [0.25, 0.3) is 0 Å². The maximum atomic E-state index is 12.6. The molecule has 9 aromatic rings. The first-order valence-electron chi connectivity index (χ1n) is 40.8. The Bertz CT molecular complexity index is 4940. The number of ether oxygens (including phenoxy) is 3. The summed E-state index contributed by atoms with van der Waals surface area (Å²) in [5, 5.41) is 21.5. The number of anilines is 14. The standard InChI is InChI=1S/C34H43N7O3.C28H33N7O3.C28H35N7O3/c1-4-28(42)20-26-21-29(32(43-3)22-31(26)40-13-10-27(11-14-40)39-17-15-38(2)16-18-39)37-33-23-34(36-24-35-33)41-30(12-19-44-41)25-8-6-5-7-9-25;1-4-28(36)32-21-16-22(25(37-3)17-24(21)34-13-11-33(2)12-14-34)31-26-18-27(30-19-29-26)35-23(10-15-38-35)20-8-6-5-7-9-20;1-6-28(36)32-21-16-22(25(37-5)17-24(21)34(4)14-13-33(2)3)31-26-18-27(30-19-29-26)35-23(12-15-38-35)20-10-8-7-9-11-20/h4-9,21-24,27,30H,1,10-20H2,2-3H3,(H,35,36,37);4-9,16-19,23H,1,10-15H2,2-3H3,(H,32,36)(H,29,30,31);6-11,16-19,23H,1,12-15H2,2-5H3,(H,32,36)(H,29,30,31)/t30-;2*23-/m111/s1. The third-order valence-electron chi connectivity index (χ3n) is 22.2. The van der Waals surface area contributed by atoms with Gasteiger partial charge in [0.25, 0.3) is 0 Å². The van der Waals surface area contributed by atoms with Crippen LogP contribution in [0.1, 0.15) is 72.5 Å². The Morgan fingerprint density at radius 3 is 1.27 bits per heavy atom. The van der Waals surface area contributed by atoms with Crippen LogP contribution in [0.2, 0.25) is 0 Å². The maximum Gasteiger partial charge on any atom is 0.247 e. The first-order chi connectivity index (χ1) is 58.5. The Balaban J connectivity index is 0.000000156. The number of ketones is 1. The number of allylic oxidation sites excluding steroid dienone is 1. The molecule has 9 heterocycles. The van der Waals surface area contributed by atoms with Gasteiger partial charge in [0.1, 0.15) is 53.7 Å². The highest BCUT2D eigenvalue weighted by Crippen LogP contribution is 2.44. The van der Waals surface area contributed by atoms with E-state index in [0.717, 1.165) is 145 Å². The molecule has 630 valence electrons. The summed E-state index contributed by atoms with van der Waals surface area (Å²) in [6, 6.07) is 48.8. The number of rotatable bonds is 29. The smallest absolute Gasteiger partial charge is 0.247 e. The van der Waals surface area contributed by atoms with Crippen LogP contribution >= 0.6 is 0 Å². The van der Waals surface area contributed by atoms with E-state index < -0.39 is 0 Å². The van der Waals surface area contributed by atoms with Crippen molar-refractivity contribution in [2.24, 2.45) is 0 Å². The molecule has 30 heteroatoms. The number of methoxy groups -OCH3 is 3. The molecule has 5 N–H and O–H groups in total. The minimum atomic E-state index is -0.300. The molecule has 0 unspecified atom stereocenters. The van der Waals surface area contributed by atoms with E-state index in [1.807, 2.05) is 139 Å². The third-order valence-corrected chi connectivity index (χ3v) is 22.2. The lowest BCUT2D eigenvalue weighted by Crippen LogP contribution is -2.52. The largest absolute Gasteiger partial charge is 0.494 e. The molecule has 0 saturated carbocycles. The van der Waals surface area contributed by atoms with E-state index in [2.05, 4.69) is 167 Å². The summed E-state index contributed by atoms with van der Waals surface area (Å²) in [7, 11) is 15.2. The first-order valence-corrected chi connectivity index (χ1v) is 40.8. The Hall–Kier alpha value is -12.3. The highest BCUT2D eigenvalue weighted by molar-refractivity contribution is 6.03. The summed E-state index contributed by atoms with van der Waals surface area (Å²) in [4.78, 5) is 98.0. The molecule has 6 aliphatic heterocycles. The Labute approximate surface area is 703 Å². The van der Waals surface area contributed by atoms with Gasteiger partial charge in [0.05, 0.1) is 99.1 Å². The molecule has 3 aromatic heterocycles. The van der Waals surface area contributed by atoms with Crippen LogP contribution in [0, 0.1) is 0 Å². The van der Waals surface area contributed by atoms with Crippen LogP contribution < -0.4 is 70.7 Å². The van der Waals surface area contributed by atoms with Crippen LogP contribution in [0.4, 0.5) is 80.4 Å². The van der Waals surface area contributed by atoms with E-state index in [0.29, 0.717) is 101 Å². The van der Waals surface area contributed by atoms with E-state index in [4.69, 9.17) is 28.7 Å². The van der Waals surface area contributed by atoms with Crippen molar-refractivity contribution in [2.45, 2.75) is 62.7 Å². The Morgan fingerprint density at radius 2 is 0.850 bits per heavy atom. The number of carbonyl (C=O) groups is 3. The van der Waals surface area contributed by atoms with Crippen molar-refractivity contribution < 1.29 is 43.1 Å². The van der Waals surface area contributed by atoms with E-state index >= 15 is 0 Å². The quantitative estimate of drug-likeness (QED) is 0.0272.